The SMILES string of the molecule is CCC(C)c1ccc(C)cc1C=O. The summed E-state index contributed by atoms with van der Waals surface area (Å²) in [6.07, 6.45) is 2.03. The third-order valence-corrected chi connectivity index (χ3v) is 2.51. The minimum absolute atomic E-state index is 0.473. The Kier molecular flexibility index (Phi) is 3.24. The Bertz CT molecular complexity index is 302. The Morgan fingerprint density at radius 1 is 1.46 bits per heavy atom. The number of aryl methyl sites for hydroxylation is 1. The third kappa shape index (κ3) is 2.18. The van der Waals surface area contributed by atoms with Crippen LogP contribution in [0.1, 0.15) is 47.7 Å². The van der Waals surface area contributed by atoms with E-state index in [0.717, 1.165) is 23.8 Å². The minimum Gasteiger partial charge on any atom is -0.298 e. The first-order chi connectivity index (χ1) is 6.19. The van der Waals surface area contributed by atoms with Crippen molar-refractivity contribution in [2.75, 3.05) is 0 Å². The fraction of sp³-hybridized carbons (Fsp3) is 0.417. The molecule has 13 heavy (non-hydrogen) atoms. The van der Waals surface area contributed by atoms with Crippen molar-refractivity contribution in [3.05, 3.63) is 34.9 Å². The van der Waals surface area contributed by atoms with E-state index in [1.165, 1.54) is 5.56 Å². The lowest BCUT2D eigenvalue weighted by Gasteiger charge is -2.11. The second-order valence-corrected chi connectivity index (χ2v) is 3.56. The molecule has 1 unspecified atom stereocenters. The van der Waals surface area contributed by atoms with E-state index in [0.29, 0.717) is 5.92 Å². The molecule has 0 fully saturated rings. The summed E-state index contributed by atoms with van der Waals surface area (Å²) in [5.74, 6) is 0.473. The van der Waals surface area contributed by atoms with Gasteiger partial charge in [-0.05, 0) is 30.9 Å². The summed E-state index contributed by atoms with van der Waals surface area (Å²) in [5.41, 5.74) is 3.16. The van der Waals surface area contributed by atoms with Gasteiger partial charge in [0.05, 0.1) is 0 Å². The molecule has 0 N–H and O–H groups in total. The van der Waals surface area contributed by atoms with Crippen LogP contribution in [0.4, 0.5) is 0 Å². The van der Waals surface area contributed by atoms with Crippen LogP contribution in [0.3, 0.4) is 0 Å². The molecule has 0 aliphatic carbocycles. The standard InChI is InChI=1S/C12H16O/c1-4-10(3)12-6-5-9(2)7-11(12)8-13/h5-8,10H,4H2,1-3H3. The quantitative estimate of drug-likeness (QED) is 0.646. The van der Waals surface area contributed by atoms with Gasteiger partial charge in [-0.1, -0.05) is 31.5 Å². The fourth-order valence-corrected chi connectivity index (χ4v) is 1.46. The topological polar surface area (TPSA) is 17.1 Å². The van der Waals surface area contributed by atoms with E-state index in [2.05, 4.69) is 26.0 Å². The van der Waals surface area contributed by atoms with Gasteiger partial charge in [0.25, 0.3) is 0 Å². The average Bonchev–Trinajstić information content (AvgIpc) is 2.16. The maximum absolute atomic E-state index is 10.8. The van der Waals surface area contributed by atoms with E-state index in [1.54, 1.807) is 0 Å². The summed E-state index contributed by atoms with van der Waals surface area (Å²) >= 11 is 0. The molecule has 0 amide bonds. The van der Waals surface area contributed by atoms with Crippen LogP contribution in [-0.2, 0) is 0 Å². The monoisotopic (exact) mass is 176 g/mol. The van der Waals surface area contributed by atoms with Crippen molar-refractivity contribution >= 4 is 6.29 Å². The van der Waals surface area contributed by atoms with E-state index in [9.17, 15) is 4.79 Å². The van der Waals surface area contributed by atoms with E-state index >= 15 is 0 Å². The summed E-state index contributed by atoms with van der Waals surface area (Å²) in [6.45, 7) is 6.30. The van der Waals surface area contributed by atoms with Crippen LogP contribution in [-0.4, -0.2) is 6.29 Å². The Hall–Kier alpha value is -1.11. The summed E-state index contributed by atoms with van der Waals surface area (Å²) in [4.78, 5) is 10.8. The lowest BCUT2D eigenvalue weighted by atomic mass is 9.93. The Morgan fingerprint density at radius 2 is 2.15 bits per heavy atom. The predicted molar refractivity (Wildman–Crippen MR) is 55.3 cm³/mol. The van der Waals surface area contributed by atoms with Crippen molar-refractivity contribution in [2.45, 2.75) is 33.1 Å². The Balaban J connectivity index is 3.13. The van der Waals surface area contributed by atoms with Crippen LogP contribution < -0.4 is 0 Å². The molecule has 0 aromatic heterocycles. The number of hydrogen-bond donors (Lipinski definition) is 0. The van der Waals surface area contributed by atoms with Crippen LogP contribution in [0.5, 0.6) is 0 Å². The van der Waals surface area contributed by atoms with Gasteiger partial charge in [-0.15, -0.1) is 0 Å². The molecule has 1 heteroatoms. The number of benzene rings is 1. The molecule has 1 aromatic carbocycles. The van der Waals surface area contributed by atoms with E-state index in [-0.39, 0.29) is 0 Å². The first-order valence-corrected chi connectivity index (χ1v) is 4.74. The van der Waals surface area contributed by atoms with Gasteiger partial charge in [-0.25, -0.2) is 0 Å². The van der Waals surface area contributed by atoms with Gasteiger partial charge in [-0.3, -0.25) is 4.79 Å². The molecular formula is C12H16O. The predicted octanol–water partition coefficient (Wildman–Crippen LogP) is 3.32. The molecule has 0 saturated heterocycles. The Labute approximate surface area is 79.8 Å². The zero-order chi connectivity index (χ0) is 9.84. The lowest BCUT2D eigenvalue weighted by molar-refractivity contribution is 0.112. The normalized spacial score (nSPS) is 12.5. The number of rotatable bonds is 3. The first-order valence-electron chi connectivity index (χ1n) is 4.74. The van der Waals surface area contributed by atoms with Gasteiger partial charge in [0.1, 0.15) is 6.29 Å². The van der Waals surface area contributed by atoms with Gasteiger partial charge < -0.3 is 0 Å². The Morgan fingerprint density at radius 3 is 2.69 bits per heavy atom. The maximum Gasteiger partial charge on any atom is 0.150 e. The van der Waals surface area contributed by atoms with Crippen LogP contribution in [0.25, 0.3) is 0 Å². The van der Waals surface area contributed by atoms with E-state index in [4.69, 9.17) is 0 Å². The zero-order valence-electron chi connectivity index (χ0n) is 8.50. The molecule has 0 spiro atoms. The van der Waals surface area contributed by atoms with Crippen molar-refractivity contribution in [1.82, 2.24) is 0 Å². The lowest BCUT2D eigenvalue weighted by Crippen LogP contribution is -1.97. The summed E-state index contributed by atoms with van der Waals surface area (Å²) in [5, 5.41) is 0. The highest BCUT2D eigenvalue weighted by Crippen LogP contribution is 2.22. The van der Waals surface area contributed by atoms with Gasteiger partial charge in [0, 0.05) is 5.56 Å². The molecule has 0 bridgehead atoms. The highest BCUT2D eigenvalue weighted by molar-refractivity contribution is 5.78. The highest BCUT2D eigenvalue weighted by atomic mass is 16.1. The molecule has 1 atom stereocenters. The van der Waals surface area contributed by atoms with Crippen LogP contribution in [0.2, 0.25) is 0 Å². The van der Waals surface area contributed by atoms with Crippen LogP contribution in [0.15, 0.2) is 18.2 Å². The van der Waals surface area contributed by atoms with Gasteiger partial charge >= 0.3 is 0 Å². The van der Waals surface area contributed by atoms with Gasteiger partial charge in [0.15, 0.2) is 0 Å². The summed E-state index contributed by atoms with van der Waals surface area (Å²) < 4.78 is 0. The van der Waals surface area contributed by atoms with E-state index < -0.39 is 0 Å². The van der Waals surface area contributed by atoms with Crippen LogP contribution in [0, 0.1) is 6.92 Å². The molecule has 0 saturated carbocycles. The third-order valence-electron chi connectivity index (χ3n) is 2.51. The van der Waals surface area contributed by atoms with Crippen molar-refractivity contribution in [2.24, 2.45) is 0 Å². The molecule has 0 aliphatic heterocycles. The van der Waals surface area contributed by atoms with Crippen molar-refractivity contribution in [1.29, 1.82) is 0 Å². The first kappa shape index (κ1) is 9.97. The molecule has 1 aromatic rings. The van der Waals surface area contributed by atoms with Gasteiger partial charge in [-0.2, -0.15) is 0 Å². The number of carbonyl (C=O) groups excluding carboxylic acids is 1. The minimum atomic E-state index is 0.473. The molecule has 70 valence electrons. The van der Waals surface area contributed by atoms with Crippen molar-refractivity contribution < 1.29 is 4.79 Å². The fourth-order valence-electron chi connectivity index (χ4n) is 1.46. The molecule has 0 aliphatic rings. The van der Waals surface area contributed by atoms with Crippen molar-refractivity contribution in [3.63, 3.8) is 0 Å². The second kappa shape index (κ2) is 4.22. The molecule has 1 nitrogen and oxygen atoms in total. The highest BCUT2D eigenvalue weighted by Gasteiger charge is 2.07. The number of hydrogen-bond acceptors (Lipinski definition) is 1. The maximum atomic E-state index is 10.8. The second-order valence-electron chi connectivity index (χ2n) is 3.56. The molecule has 0 radical (unpaired) electrons. The number of aldehydes is 1. The van der Waals surface area contributed by atoms with Crippen molar-refractivity contribution in [3.8, 4) is 0 Å². The van der Waals surface area contributed by atoms with E-state index in [1.807, 2.05) is 13.0 Å². The molecule has 0 heterocycles. The smallest absolute Gasteiger partial charge is 0.150 e. The molecular weight excluding hydrogens is 160 g/mol. The summed E-state index contributed by atoms with van der Waals surface area (Å²) in [6, 6.07) is 6.08. The number of carbonyl (C=O) groups is 1. The zero-order valence-corrected chi connectivity index (χ0v) is 8.50. The molecule has 1 rings (SSSR count). The van der Waals surface area contributed by atoms with Gasteiger partial charge in [0.2, 0.25) is 0 Å². The van der Waals surface area contributed by atoms with Crippen LogP contribution >= 0.6 is 0 Å². The summed E-state index contributed by atoms with van der Waals surface area (Å²) in [7, 11) is 0. The largest absolute Gasteiger partial charge is 0.298 e. The average molecular weight is 176 g/mol.